The molecule has 0 saturated carbocycles. The molecule has 1 heterocycles. The minimum atomic E-state index is 0. The Morgan fingerprint density at radius 3 is 2.86 bits per heavy atom. The fourth-order valence-corrected chi connectivity index (χ4v) is 2.50. The molecule has 0 radical (unpaired) electrons. The van der Waals surface area contributed by atoms with Crippen molar-refractivity contribution >= 4 is 18.3 Å². The Hall–Kier alpha value is -1.26. The van der Waals surface area contributed by atoms with Gasteiger partial charge in [0, 0.05) is 19.0 Å². The first-order chi connectivity index (χ1) is 10.1. The molecule has 1 aliphatic rings. The van der Waals surface area contributed by atoms with E-state index in [1.165, 1.54) is 11.1 Å². The third kappa shape index (κ3) is 6.24. The number of rotatable bonds is 6. The van der Waals surface area contributed by atoms with Gasteiger partial charge in [-0.25, -0.2) is 0 Å². The maximum Gasteiger partial charge on any atom is 0.220 e. The van der Waals surface area contributed by atoms with Crippen LogP contribution in [0, 0.1) is 13.8 Å². The summed E-state index contributed by atoms with van der Waals surface area (Å²) in [5.41, 5.74) is 2.50. The smallest absolute Gasteiger partial charge is 0.220 e. The van der Waals surface area contributed by atoms with Crippen LogP contribution in [0.25, 0.3) is 0 Å². The molecule has 0 bridgehead atoms. The number of nitrogens with one attached hydrogen (secondary N) is 2. The zero-order chi connectivity index (χ0) is 15.1. The van der Waals surface area contributed by atoms with Gasteiger partial charge in [0.05, 0.1) is 6.61 Å². The molecule has 1 unspecified atom stereocenters. The van der Waals surface area contributed by atoms with Gasteiger partial charge in [0.15, 0.2) is 0 Å². The van der Waals surface area contributed by atoms with Crippen molar-refractivity contribution in [1.29, 1.82) is 0 Å². The Morgan fingerprint density at radius 2 is 2.18 bits per heavy atom. The Labute approximate surface area is 139 Å². The highest BCUT2D eigenvalue weighted by Gasteiger charge is 2.14. The number of carbonyl (C=O) groups is 1. The summed E-state index contributed by atoms with van der Waals surface area (Å²) in [6, 6.07) is 6.39. The Balaban J connectivity index is 0.00000242. The van der Waals surface area contributed by atoms with Crippen LogP contribution < -0.4 is 15.4 Å². The van der Waals surface area contributed by atoms with Gasteiger partial charge in [-0.15, -0.1) is 12.4 Å². The highest BCUT2D eigenvalue weighted by atomic mass is 35.5. The lowest BCUT2D eigenvalue weighted by molar-refractivity contribution is -0.122. The first-order valence-electron chi connectivity index (χ1n) is 7.85. The molecule has 1 fully saturated rings. The third-order valence-electron chi connectivity index (χ3n) is 3.96. The lowest BCUT2D eigenvalue weighted by Gasteiger charge is -2.23. The molecule has 1 aliphatic heterocycles. The van der Waals surface area contributed by atoms with E-state index in [9.17, 15) is 4.79 Å². The summed E-state index contributed by atoms with van der Waals surface area (Å²) in [7, 11) is 0. The van der Waals surface area contributed by atoms with Crippen molar-refractivity contribution in [2.75, 3.05) is 19.7 Å². The van der Waals surface area contributed by atoms with Crippen molar-refractivity contribution < 1.29 is 9.53 Å². The Bertz CT molecular complexity index is 474. The van der Waals surface area contributed by atoms with Gasteiger partial charge in [-0.05, 0) is 62.9 Å². The van der Waals surface area contributed by atoms with Crippen molar-refractivity contribution in [2.45, 2.75) is 45.6 Å². The Kier molecular flexibility index (Phi) is 8.28. The predicted molar refractivity (Wildman–Crippen MR) is 91.9 cm³/mol. The fraction of sp³-hybridized carbons (Fsp3) is 0.588. The molecule has 124 valence electrons. The maximum absolute atomic E-state index is 11.8. The Morgan fingerprint density at radius 1 is 1.36 bits per heavy atom. The molecule has 0 aliphatic carbocycles. The van der Waals surface area contributed by atoms with Gasteiger partial charge in [0.25, 0.3) is 0 Å². The molecule has 2 rings (SSSR count). The van der Waals surface area contributed by atoms with Gasteiger partial charge in [0.1, 0.15) is 5.75 Å². The molecule has 5 heteroatoms. The van der Waals surface area contributed by atoms with Crippen molar-refractivity contribution in [3.05, 3.63) is 29.3 Å². The van der Waals surface area contributed by atoms with E-state index in [1.807, 2.05) is 12.1 Å². The number of aryl methyl sites for hydroxylation is 2. The molecule has 1 aromatic carbocycles. The molecule has 1 saturated heterocycles. The lowest BCUT2D eigenvalue weighted by atomic mass is 10.1. The van der Waals surface area contributed by atoms with E-state index < -0.39 is 0 Å². The van der Waals surface area contributed by atoms with Gasteiger partial charge in [-0.2, -0.15) is 0 Å². The van der Waals surface area contributed by atoms with Crippen molar-refractivity contribution in [3.63, 3.8) is 0 Å². The molecular weight excluding hydrogens is 300 g/mol. The summed E-state index contributed by atoms with van der Waals surface area (Å²) in [5, 5.41) is 6.38. The largest absolute Gasteiger partial charge is 0.494 e. The maximum atomic E-state index is 11.8. The van der Waals surface area contributed by atoms with E-state index in [2.05, 4.69) is 30.5 Å². The SMILES string of the molecule is Cc1ccc(OCCCC(=O)NC2CCCNC2)cc1C.Cl. The summed E-state index contributed by atoms with van der Waals surface area (Å²) in [4.78, 5) is 11.8. The number of benzene rings is 1. The molecule has 0 spiro atoms. The van der Waals surface area contributed by atoms with Crippen LogP contribution in [0.15, 0.2) is 18.2 Å². The normalized spacial score (nSPS) is 17.5. The van der Waals surface area contributed by atoms with Crippen LogP contribution in [0.5, 0.6) is 5.75 Å². The number of piperidine rings is 1. The topological polar surface area (TPSA) is 50.4 Å². The second-order valence-corrected chi connectivity index (χ2v) is 5.81. The number of hydrogen-bond acceptors (Lipinski definition) is 3. The third-order valence-corrected chi connectivity index (χ3v) is 3.96. The van der Waals surface area contributed by atoms with Crippen LogP contribution >= 0.6 is 12.4 Å². The molecule has 0 aromatic heterocycles. The molecule has 1 amide bonds. The van der Waals surface area contributed by atoms with E-state index in [4.69, 9.17) is 4.74 Å². The molecule has 4 nitrogen and oxygen atoms in total. The predicted octanol–water partition coefficient (Wildman–Crippen LogP) is 2.75. The van der Waals surface area contributed by atoms with Crippen LogP contribution in [0.3, 0.4) is 0 Å². The van der Waals surface area contributed by atoms with Gasteiger partial charge in [0.2, 0.25) is 5.91 Å². The molecule has 1 atom stereocenters. The minimum Gasteiger partial charge on any atom is -0.494 e. The summed E-state index contributed by atoms with van der Waals surface area (Å²) < 4.78 is 5.69. The summed E-state index contributed by atoms with van der Waals surface area (Å²) in [6.07, 6.45) is 3.50. The molecule has 1 aromatic rings. The molecular formula is C17H27ClN2O2. The van der Waals surface area contributed by atoms with E-state index in [0.717, 1.165) is 38.1 Å². The quantitative estimate of drug-likeness (QED) is 0.790. The van der Waals surface area contributed by atoms with Crippen LogP contribution in [0.4, 0.5) is 0 Å². The van der Waals surface area contributed by atoms with Crippen LogP contribution in [0.1, 0.15) is 36.8 Å². The van der Waals surface area contributed by atoms with Crippen LogP contribution in [-0.4, -0.2) is 31.6 Å². The number of halogens is 1. The zero-order valence-electron chi connectivity index (χ0n) is 13.5. The number of amides is 1. The minimum absolute atomic E-state index is 0. The van der Waals surface area contributed by atoms with Crippen molar-refractivity contribution in [1.82, 2.24) is 10.6 Å². The van der Waals surface area contributed by atoms with Gasteiger partial charge < -0.3 is 15.4 Å². The number of carbonyl (C=O) groups excluding carboxylic acids is 1. The monoisotopic (exact) mass is 326 g/mol. The summed E-state index contributed by atoms with van der Waals surface area (Å²) in [5.74, 6) is 1.02. The number of ether oxygens (including phenoxy) is 1. The highest BCUT2D eigenvalue weighted by Crippen LogP contribution is 2.16. The number of hydrogen-bond donors (Lipinski definition) is 2. The van der Waals surface area contributed by atoms with Crippen molar-refractivity contribution in [3.8, 4) is 5.75 Å². The summed E-state index contributed by atoms with van der Waals surface area (Å²) in [6.45, 7) is 6.71. The molecule has 2 N–H and O–H groups in total. The molecule has 22 heavy (non-hydrogen) atoms. The van der Waals surface area contributed by atoms with Gasteiger partial charge in [-0.1, -0.05) is 6.07 Å². The van der Waals surface area contributed by atoms with Crippen LogP contribution in [-0.2, 0) is 4.79 Å². The van der Waals surface area contributed by atoms with E-state index in [1.54, 1.807) is 0 Å². The average molecular weight is 327 g/mol. The standard InChI is InChI=1S/C17H26N2O2.ClH/c1-13-7-8-16(11-14(13)2)21-10-4-6-17(20)19-15-5-3-9-18-12-15;/h7-8,11,15,18H,3-6,9-10,12H2,1-2H3,(H,19,20);1H. The zero-order valence-corrected chi connectivity index (χ0v) is 14.3. The first kappa shape index (κ1) is 18.8. The highest BCUT2D eigenvalue weighted by molar-refractivity contribution is 5.85. The summed E-state index contributed by atoms with van der Waals surface area (Å²) >= 11 is 0. The second kappa shape index (κ2) is 9.70. The van der Waals surface area contributed by atoms with E-state index >= 15 is 0 Å². The van der Waals surface area contributed by atoms with Gasteiger partial charge in [-0.3, -0.25) is 4.79 Å². The lowest BCUT2D eigenvalue weighted by Crippen LogP contribution is -2.45. The van der Waals surface area contributed by atoms with Crippen LogP contribution in [0.2, 0.25) is 0 Å². The average Bonchev–Trinajstić information content (AvgIpc) is 2.48. The van der Waals surface area contributed by atoms with Gasteiger partial charge >= 0.3 is 0 Å². The van der Waals surface area contributed by atoms with Crippen molar-refractivity contribution in [2.24, 2.45) is 0 Å². The van der Waals surface area contributed by atoms with E-state index in [-0.39, 0.29) is 18.3 Å². The second-order valence-electron chi connectivity index (χ2n) is 5.81. The first-order valence-corrected chi connectivity index (χ1v) is 7.85. The fourth-order valence-electron chi connectivity index (χ4n) is 2.50. The van der Waals surface area contributed by atoms with E-state index in [0.29, 0.717) is 19.1 Å².